The molecule has 0 spiro atoms. The van der Waals surface area contributed by atoms with Crippen LogP contribution in [0.4, 0.5) is 0 Å². The standard InChI is InChI=1S/C16H19N3O3/c20-13-10-12(14(21)19-13)18-15(22)16(6-8-17-9-7-16)11-4-2-1-3-5-11/h1-5,12,17H,6-10H2,(H,18,22)(H,19,20,21). The van der Waals surface area contributed by atoms with Gasteiger partial charge >= 0.3 is 0 Å². The minimum absolute atomic E-state index is 0.0215. The zero-order valence-corrected chi connectivity index (χ0v) is 12.2. The summed E-state index contributed by atoms with van der Waals surface area (Å²) in [5, 5.41) is 8.25. The van der Waals surface area contributed by atoms with Crippen LogP contribution in [0.2, 0.25) is 0 Å². The topological polar surface area (TPSA) is 87.3 Å². The predicted molar refractivity (Wildman–Crippen MR) is 79.9 cm³/mol. The molecule has 0 aliphatic carbocycles. The number of imide groups is 1. The fourth-order valence-electron chi connectivity index (χ4n) is 3.22. The molecule has 1 aromatic carbocycles. The SMILES string of the molecule is O=C1CC(NC(=O)C2(c3ccccc3)CCNCC2)C(=O)N1. The van der Waals surface area contributed by atoms with E-state index in [4.69, 9.17) is 0 Å². The molecule has 0 saturated carbocycles. The van der Waals surface area contributed by atoms with Gasteiger partial charge in [0.1, 0.15) is 6.04 Å². The Bertz CT molecular complexity index is 594. The quantitative estimate of drug-likeness (QED) is 0.677. The van der Waals surface area contributed by atoms with Crippen molar-refractivity contribution >= 4 is 17.7 Å². The monoisotopic (exact) mass is 301 g/mol. The molecule has 3 rings (SSSR count). The van der Waals surface area contributed by atoms with Crippen LogP contribution >= 0.6 is 0 Å². The van der Waals surface area contributed by atoms with Gasteiger partial charge in [-0.1, -0.05) is 30.3 Å². The van der Waals surface area contributed by atoms with Crippen LogP contribution in [-0.2, 0) is 19.8 Å². The van der Waals surface area contributed by atoms with E-state index in [-0.39, 0.29) is 18.2 Å². The highest BCUT2D eigenvalue weighted by Gasteiger charge is 2.43. The summed E-state index contributed by atoms with van der Waals surface area (Å²) in [4.78, 5) is 35.9. The number of benzene rings is 1. The summed E-state index contributed by atoms with van der Waals surface area (Å²) in [5.41, 5.74) is 0.317. The summed E-state index contributed by atoms with van der Waals surface area (Å²) in [7, 11) is 0. The molecule has 1 unspecified atom stereocenters. The molecule has 6 heteroatoms. The molecule has 2 heterocycles. The summed E-state index contributed by atoms with van der Waals surface area (Å²) in [6, 6.07) is 8.89. The first-order valence-electron chi connectivity index (χ1n) is 7.53. The number of piperidine rings is 1. The Morgan fingerprint density at radius 2 is 1.82 bits per heavy atom. The fraction of sp³-hybridized carbons (Fsp3) is 0.438. The molecule has 1 atom stereocenters. The summed E-state index contributed by atoms with van der Waals surface area (Å²) in [6.45, 7) is 1.50. The lowest BCUT2D eigenvalue weighted by atomic mass is 9.72. The molecule has 6 nitrogen and oxygen atoms in total. The van der Waals surface area contributed by atoms with Gasteiger partial charge in [0.15, 0.2) is 0 Å². The van der Waals surface area contributed by atoms with E-state index in [9.17, 15) is 14.4 Å². The number of nitrogens with one attached hydrogen (secondary N) is 3. The van der Waals surface area contributed by atoms with E-state index in [1.165, 1.54) is 0 Å². The van der Waals surface area contributed by atoms with E-state index >= 15 is 0 Å². The first-order chi connectivity index (χ1) is 10.6. The maximum atomic E-state index is 12.9. The molecule has 2 saturated heterocycles. The van der Waals surface area contributed by atoms with Crippen molar-refractivity contribution in [2.24, 2.45) is 0 Å². The van der Waals surface area contributed by atoms with Crippen molar-refractivity contribution < 1.29 is 14.4 Å². The van der Waals surface area contributed by atoms with Crippen LogP contribution in [0.15, 0.2) is 30.3 Å². The third-order valence-electron chi connectivity index (χ3n) is 4.49. The maximum absolute atomic E-state index is 12.9. The van der Waals surface area contributed by atoms with Gasteiger partial charge in [-0.3, -0.25) is 19.7 Å². The highest BCUT2D eigenvalue weighted by Crippen LogP contribution is 2.34. The van der Waals surface area contributed by atoms with Gasteiger partial charge in [0.25, 0.3) is 0 Å². The van der Waals surface area contributed by atoms with Crippen LogP contribution in [0.1, 0.15) is 24.8 Å². The normalized spacial score (nSPS) is 23.9. The van der Waals surface area contributed by atoms with E-state index in [1.807, 2.05) is 30.3 Å². The molecule has 0 bridgehead atoms. The number of hydrogen-bond acceptors (Lipinski definition) is 4. The Kier molecular flexibility index (Phi) is 3.94. The molecule has 3 N–H and O–H groups in total. The van der Waals surface area contributed by atoms with Gasteiger partial charge < -0.3 is 10.6 Å². The molecule has 2 aliphatic heterocycles. The van der Waals surface area contributed by atoms with Gasteiger partial charge in [0, 0.05) is 0 Å². The number of carbonyl (C=O) groups is 3. The second-order valence-electron chi connectivity index (χ2n) is 5.84. The van der Waals surface area contributed by atoms with Crippen LogP contribution in [0.3, 0.4) is 0 Å². The lowest BCUT2D eigenvalue weighted by Gasteiger charge is -2.37. The van der Waals surface area contributed by atoms with Crippen molar-refractivity contribution in [2.45, 2.75) is 30.7 Å². The van der Waals surface area contributed by atoms with Gasteiger partial charge in [-0.05, 0) is 31.5 Å². The Balaban J connectivity index is 1.85. The van der Waals surface area contributed by atoms with E-state index in [0.717, 1.165) is 18.7 Å². The van der Waals surface area contributed by atoms with E-state index < -0.39 is 17.4 Å². The molecule has 22 heavy (non-hydrogen) atoms. The Labute approximate surface area is 128 Å². The molecule has 3 amide bonds. The lowest BCUT2D eigenvalue weighted by molar-refractivity contribution is -0.132. The smallest absolute Gasteiger partial charge is 0.249 e. The van der Waals surface area contributed by atoms with Crippen LogP contribution in [-0.4, -0.2) is 36.9 Å². The van der Waals surface area contributed by atoms with Crippen LogP contribution in [0.25, 0.3) is 0 Å². The van der Waals surface area contributed by atoms with Gasteiger partial charge in [-0.25, -0.2) is 0 Å². The van der Waals surface area contributed by atoms with E-state index in [2.05, 4.69) is 16.0 Å². The van der Waals surface area contributed by atoms with Crippen molar-refractivity contribution in [3.63, 3.8) is 0 Å². The maximum Gasteiger partial charge on any atom is 0.249 e. The summed E-state index contributed by atoms with van der Waals surface area (Å²) >= 11 is 0. The Morgan fingerprint density at radius 3 is 2.41 bits per heavy atom. The first kappa shape index (κ1) is 14.7. The average molecular weight is 301 g/mol. The van der Waals surface area contributed by atoms with E-state index in [1.54, 1.807) is 0 Å². The molecule has 2 aliphatic rings. The molecule has 116 valence electrons. The minimum atomic E-state index is -0.754. The van der Waals surface area contributed by atoms with Crippen molar-refractivity contribution in [1.82, 2.24) is 16.0 Å². The second kappa shape index (κ2) is 5.88. The third kappa shape index (κ3) is 2.62. The third-order valence-corrected chi connectivity index (χ3v) is 4.49. The number of carbonyl (C=O) groups excluding carboxylic acids is 3. The second-order valence-corrected chi connectivity index (χ2v) is 5.84. The Hall–Kier alpha value is -2.21. The Morgan fingerprint density at radius 1 is 1.14 bits per heavy atom. The van der Waals surface area contributed by atoms with Crippen molar-refractivity contribution in [3.05, 3.63) is 35.9 Å². The van der Waals surface area contributed by atoms with Gasteiger partial charge in [-0.2, -0.15) is 0 Å². The van der Waals surface area contributed by atoms with Crippen molar-refractivity contribution in [2.75, 3.05) is 13.1 Å². The highest BCUT2D eigenvalue weighted by molar-refractivity contribution is 6.07. The van der Waals surface area contributed by atoms with Crippen LogP contribution < -0.4 is 16.0 Å². The molecule has 0 radical (unpaired) electrons. The fourth-order valence-corrected chi connectivity index (χ4v) is 3.22. The van der Waals surface area contributed by atoms with E-state index in [0.29, 0.717) is 12.8 Å². The van der Waals surface area contributed by atoms with Gasteiger partial charge in [0.05, 0.1) is 11.8 Å². The summed E-state index contributed by atoms with van der Waals surface area (Å²) in [6.07, 6.45) is 1.37. The minimum Gasteiger partial charge on any atom is -0.343 e. The summed E-state index contributed by atoms with van der Waals surface area (Å²) < 4.78 is 0. The molecular formula is C16H19N3O3. The molecule has 0 aromatic heterocycles. The predicted octanol–water partition coefficient (Wildman–Crippen LogP) is -0.161. The number of amides is 3. The summed E-state index contributed by atoms with van der Waals surface area (Å²) in [5.74, 6) is -0.931. The molecular weight excluding hydrogens is 282 g/mol. The van der Waals surface area contributed by atoms with Gasteiger partial charge in [0.2, 0.25) is 17.7 Å². The number of hydrogen-bond donors (Lipinski definition) is 3. The lowest BCUT2D eigenvalue weighted by Crippen LogP contribution is -2.54. The molecule has 1 aromatic rings. The highest BCUT2D eigenvalue weighted by atomic mass is 16.2. The van der Waals surface area contributed by atoms with Crippen molar-refractivity contribution in [1.29, 1.82) is 0 Å². The first-order valence-corrected chi connectivity index (χ1v) is 7.53. The number of rotatable bonds is 3. The van der Waals surface area contributed by atoms with Crippen LogP contribution in [0, 0.1) is 0 Å². The zero-order chi connectivity index (χ0) is 15.6. The largest absolute Gasteiger partial charge is 0.343 e. The van der Waals surface area contributed by atoms with Crippen molar-refractivity contribution in [3.8, 4) is 0 Å². The average Bonchev–Trinajstić information content (AvgIpc) is 2.86. The van der Waals surface area contributed by atoms with Crippen LogP contribution in [0.5, 0.6) is 0 Å². The molecule has 2 fully saturated rings. The van der Waals surface area contributed by atoms with Gasteiger partial charge in [-0.15, -0.1) is 0 Å². The zero-order valence-electron chi connectivity index (χ0n) is 12.2.